The van der Waals surface area contributed by atoms with Gasteiger partial charge in [0.2, 0.25) is 5.91 Å². The van der Waals surface area contributed by atoms with Gasteiger partial charge >= 0.3 is 0 Å². The lowest BCUT2D eigenvalue weighted by Crippen LogP contribution is -2.23. The van der Waals surface area contributed by atoms with Crippen LogP contribution in [0.25, 0.3) is 0 Å². The molecule has 2 nitrogen and oxygen atoms in total. The number of benzene rings is 3. The molecule has 0 saturated heterocycles. The number of amides is 1. The zero-order chi connectivity index (χ0) is 18.5. The average Bonchev–Trinajstić information content (AvgIpc) is 2.65. The molecule has 0 aliphatic heterocycles. The second kappa shape index (κ2) is 8.33. The molecular formula is C23H22BrNO. The van der Waals surface area contributed by atoms with Crippen molar-refractivity contribution in [2.75, 3.05) is 5.32 Å². The predicted molar refractivity (Wildman–Crippen MR) is 112 cm³/mol. The number of nitrogens with one attached hydrogen (secondary N) is 1. The normalized spacial score (nSPS) is 10.8. The minimum atomic E-state index is -0.342. The second-order valence-corrected chi connectivity index (χ2v) is 7.27. The van der Waals surface area contributed by atoms with E-state index >= 15 is 0 Å². The Labute approximate surface area is 163 Å². The van der Waals surface area contributed by atoms with Crippen LogP contribution >= 0.6 is 15.9 Å². The van der Waals surface area contributed by atoms with Crippen molar-refractivity contribution in [1.29, 1.82) is 0 Å². The van der Waals surface area contributed by atoms with Crippen LogP contribution in [0.1, 0.15) is 35.1 Å². The third-order valence-electron chi connectivity index (χ3n) is 4.54. The Balaban J connectivity index is 2.00. The summed E-state index contributed by atoms with van der Waals surface area (Å²) >= 11 is 3.54. The van der Waals surface area contributed by atoms with Gasteiger partial charge in [-0.2, -0.15) is 0 Å². The number of anilines is 1. The maximum atomic E-state index is 13.3. The van der Waals surface area contributed by atoms with Gasteiger partial charge in [0.15, 0.2) is 0 Å². The van der Waals surface area contributed by atoms with Crippen LogP contribution in [0.3, 0.4) is 0 Å². The first-order chi connectivity index (χ1) is 12.6. The van der Waals surface area contributed by atoms with Crippen LogP contribution in [-0.2, 0) is 11.2 Å². The molecule has 0 radical (unpaired) electrons. The molecule has 1 N–H and O–H groups in total. The molecule has 0 heterocycles. The molecule has 3 aromatic rings. The topological polar surface area (TPSA) is 29.1 Å². The molecular weight excluding hydrogens is 386 g/mol. The van der Waals surface area contributed by atoms with Gasteiger partial charge < -0.3 is 5.32 Å². The Kier molecular flexibility index (Phi) is 5.89. The van der Waals surface area contributed by atoms with Gasteiger partial charge in [0.05, 0.1) is 5.92 Å². The van der Waals surface area contributed by atoms with Crippen LogP contribution in [0, 0.1) is 6.92 Å². The van der Waals surface area contributed by atoms with Crippen LogP contribution in [0.2, 0.25) is 0 Å². The van der Waals surface area contributed by atoms with Crippen LogP contribution in [0.5, 0.6) is 0 Å². The van der Waals surface area contributed by atoms with E-state index in [9.17, 15) is 4.79 Å². The van der Waals surface area contributed by atoms with E-state index in [-0.39, 0.29) is 11.8 Å². The maximum absolute atomic E-state index is 13.3. The molecule has 3 aromatic carbocycles. The van der Waals surface area contributed by atoms with Crippen LogP contribution in [-0.4, -0.2) is 5.91 Å². The number of rotatable bonds is 5. The minimum Gasteiger partial charge on any atom is -0.325 e. The fourth-order valence-corrected chi connectivity index (χ4v) is 3.87. The lowest BCUT2D eigenvalue weighted by Gasteiger charge is -2.20. The van der Waals surface area contributed by atoms with Crippen LogP contribution < -0.4 is 5.32 Å². The number of hydrogen-bond donors (Lipinski definition) is 1. The van der Waals surface area contributed by atoms with Gasteiger partial charge in [-0.1, -0.05) is 83.5 Å². The van der Waals surface area contributed by atoms with E-state index in [1.165, 1.54) is 0 Å². The first-order valence-corrected chi connectivity index (χ1v) is 9.59. The van der Waals surface area contributed by atoms with Crippen LogP contribution in [0.15, 0.2) is 77.3 Å². The number of halogens is 1. The van der Waals surface area contributed by atoms with Crippen molar-refractivity contribution in [3.63, 3.8) is 0 Å². The minimum absolute atomic E-state index is 0.0116. The summed E-state index contributed by atoms with van der Waals surface area (Å²) in [5.74, 6) is -0.354. The molecule has 0 saturated carbocycles. The number of carbonyl (C=O) groups is 1. The molecule has 0 atom stereocenters. The van der Waals surface area contributed by atoms with Gasteiger partial charge in [0, 0.05) is 10.2 Å². The smallest absolute Gasteiger partial charge is 0.236 e. The fraction of sp³-hybridized carbons (Fsp3) is 0.174. The Hall–Kier alpha value is -2.39. The molecule has 3 rings (SSSR count). The summed E-state index contributed by atoms with van der Waals surface area (Å²) in [5.41, 5.74) is 5.08. The van der Waals surface area contributed by atoms with E-state index < -0.39 is 0 Å². The van der Waals surface area contributed by atoms with Gasteiger partial charge in [-0.15, -0.1) is 0 Å². The Morgan fingerprint density at radius 2 is 1.50 bits per heavy atom. The molecule has 132 valence electrons. The predicted octanol–water partition coefficient (Wildman–Crippen LogP) is 6.09. The molecule has 26 heavy (non-hydrogen) atoms. The Morgan fingerprint density at radius 3 is 2.00 bits per heavy atom. The lowest BCUT2D eigenvalue weighted by atomic mass is 9.90. The summed E-state index contributed by atoms with van der Waals surface area (Å²) in [5, 5.41) is 3.19. The first kappa shape index (κ1) is 18.4. The van der Waals surface area contributed by atoms with Crippen molar-refractivity contribution in [1.82, 2.24) is 0 Å². The van der Waals surface area contributed by atoms with E-state index in [1.807, 2.05) is 73.7 Å². The fourth-order valence-electron chi connectivity index (χ4n) is 3.25. The molecule has 3 heteroatoms. The number of hydrogen-bond acceptors (Lipinski definition) is 1. The number of aryl methyl sites for hydroxylation is 2. The second-order valence-electron chi connectivity index (χ2n) is 6.35. The van der Waals surface area contributed by atoms with E-state index in [4.69, 9.17) is 0 Å². The summed E-state index contributed by atoms with van der Waals surface area (Å²) in [6.07, 6.45) is 0.858. The Morgan fingerprint density at radius 1 is 0.962 bits per heavy atom. The van der Waals surface area contributed by atoms with Crippen molar-refractivity contribution in [3.05, 3.63) is 99.5 Å². The standard InChI is InChI=1S/C23H22BrNO/c1-3-17-15-20(24)14-16(2)22(17)25-23(26)21(18-10-6-4-7-11-18)19-12-8-5-9-13-19/h4-15,21H,3H2,1-2H3,(H,25,26). The molecule has 0 bridgehead atoms. The summed E-state index contributed by atoms with van der Waals surface area (Å²) in [6, 6.07) is 24.0. The van der Waals surface area contributed by atoms with Crippen molar-refractivity contribution in [2.24, 2.45) is 0 Å². The third-order valence-corrected chi connectivity index (χ3v) is 5.00. The van der Waals surface area contributed by atoms with E-state index in [2.05, 4.69) is 34.2 Å². The molecule has 0 aliphatic rings. The highest BCUT2D eigenvalue weighted by Gasteiger charge is 2.23. The Bertz CT molecular complexity index is 851. The van der Waals surface area contributed by atoms with Crippen molar-refractivity contribution < 1.29 is 4.79 Å². The lowest BCUT2D eigenvalue weighted by molar-refractivity contribution is -0.116. The van der Waals surface area contributed by atoms with Crippen LogP contribution in [0.4, 0.5) is 5.69 Å². The highest BCUT2D eigenvalue weighted by atomic mass is 79.9. The summed E-state index contributed by atoms with van der Waals surface area (Å²) in [4.78, 5) is 13.3. The largest absolute Gasteiger partial charge is 0.325 e. The summed E-state index contributed by atoms with van der Waals surface area (Å²) in [7, 11) is 0. The quantitative estimate of drug-likeness (QED) is 0.544. The van der Waals surface area contributed by atoms with E-state index in [1.54, 1.807) is 0 Å². The van der Waals surface area contributed by atoms with Gasteiger partial charge in [-0.05, 0) is 47.7 Å². The van der Waals surface area contributed by atoms with Gasteiger partial charge in [0.1, 0.15) is 0 Å². The van der Waals surface area contributed by atoms with E-state index in [0.717, 1.165) is 38.8 Å². The highest BCUT2D eigenvalue weighted by molar-refractivity contribution is 9.10. The monoisotopic (exact) mass is 407 g/mol. The van der Waals surface area contributed by atoms with Crippen molar-refractivity contribution in [2.45, 2.75) is 26.2 Å². The zero-order valence-corrected chi connectivity index (χ0v) is 16.6. The molecule has 0 fully saturated rings. The van der Waals surface area contributed by atoms with Gasteiger partial charge in [-0.25, -0.2) is 0 Å². The third kappa shape index (κ3) is 4.05. The first-order valence-electron chi connectivity index (χ1n) is 8.80. The molecule has 0 aromatic heterocycles. The molecule has 0 spiro atoms. The summed E-state index contributed by atoms with van der Waals surface area (Å²) in [6.45, 7) is 4.13. The number of carbonyl (C=O) groups excluding carboxylic acids is 1. The molecule has 0 unspecified atom stereocenters. The molecule has 1 amide bonds. The average molecular weight is 408 g/mol. The van der Waals surface area contributed by atoms with Crippen molar-refractivity contribution in [3.8, 4) is 0 Å². The van der Waals surface area contributed by atoms with Crippen molar-refractivity contribution >= 4 is 27.5 Å². The SMILES string of the molecule is CCc1cc(Br)cc(C)c1NC(=O)C(c1ccccc1)c1ccccc1. The summed E-state index contributed by atoms with van der Waals surface area (Å²) < 4.78 is 1.03. The zero-order valence-electron chi connectivity index (χ0n) is 15.0. The van der Waals surface area contributed by atoms with E-state index in [0.29, 0.717) is 0 Å². The molecule has 0 aliphatic carbocycles. The van der Waals surface area contributed by atoms with Gasteiger partial charge in [0.25, 0.3) is 0 Å². The maximum Gasteiger partial charge on any atom is 0.236 e. The van der Waals surface area contributed by atoms with Gasteiger partial charge in [-0.3, -0.25) is 4.79 Å². The highest BCUT2D eigenvalue weighted by Crippen LogP contribution is 2.30.